The lowest BCUT2D eigenvalue weighted by Crippen LogP contribution is -2.30. The molecule has 1 saturated carbocycles. The van der Waals surface area contributed by atoms with E-state index in [4.69, 9.17) is 16.2 Å². The quantitative estimate of drug-likeness (QED) is 0.536. The van der Waals surface area contributed by atoms with E-state index in [1.54, 1.807) is 0 Å². The van der Waals surface area contributed by atoms with E-state index in [2.05, 4.69) is 5.32 Å². The monoisotopic (exact) mass is 271 g/mol. The molecule has 2 amide bonds. The molecule has 0 saturated heterocycles. The molecule has 6 heteroatoms. The molecule has 0 aromatic heterocycles. The second kappa shape index (κ2) is 8.87. The molecule has 1 rings (SSSR count). The van der Waals surface area contributed by atoms with Gasteiger partial charge < -0.3 is 21.5 Å². The van der Waals surface area contributed by atoms with Crippen LogP contribution in [0.3, 0.4) is 0 Å². The number of rotatable bonds is 8. The van der Waals surface area contributed by atoms with Gasteiger partial charge in [-0.2, -0.15) is 0 Å². The van der Waals surface area contributed by atoms with Crippen LogP contribution in [-0.2, 0) is 14.3 Å². The van der Waals surface area contributed by atoms with Crippen molar-refractivity contribution in [1.82, 2.24) is 5.32 Å². The van der Waals surface area contributed by atoms with Crippen LogP contribution in [-0.4, -0.2) is 37.6 Å². The summed E-state index contributed by atoms with van der Waals surface area (Å²) in [6.45, 7) is 0.632. The van der Waals surface area contributed by atoms with Crippen LogP contribution in [0.5, 0.6) is 0 Å². The van der Waals surface area contributed by atoms with Gasteiger partial charge in [-0.25, -0.2) is 0 Å². The number of carbonyl (C=O) groups is 2. The van der Waals surface area contributed by atoms with Crippen molar-refractivity contribution in [2.75, 3.05) is 19.8 Å². The first-order chi connectivity index (χ1) is 9.08. The maximum atomic E-state index is 11.6. The minimum atomic E-state index is -0.498. The fourth-order valence-electron chi connectivity index (χ4n) is 2.34. The number of carbonyl (C=O) groups excluding carboxylic acids is 2. The Balaban J connectivity index is 1.97. The van der Waals surface area contributed by atoms with Crippen LogP contribution in [0.4, 0.5) is 0 Å². The highest BCUT2D eigenvalue weighted by Gasteiger charge is 2.18. The summed E-state index contributed by atoms with van der Waals surface area (Å²) in [5.74, 6) is 0.177. The molecular formula is C13H25N3O3. The van der Waals surface area contributed by atoms with E-state index < -0.39 is 5.91 Å². The van der Waals surface area contributed by atoms with Crippen LogP contribution in [0.2, 0.25) is 0 Å². The summed E-state index contributed by atoms with van der Waals surface area (Å²) in [5.41, 5.74) is 10.8. The van der Waals surface area contributed by atoms with Gasteiger partial charge in [0.25, 0.3) is 0 Å². The van der Waals surface area contributed by atoms with Gasteiger partial charge in [0.15, 0.2) is 0 Å². The van der Waals surface area contributed by atoms with Crippen molar-refractivity contribution in [2.45, 2.75) is 44.6 Å². The standard InChI is InChI=1S/C13H25N3O3/c14-11-4-1-10(2-5-11)3-6-13(18)16-7-8-19-9-12(15)17/h10-11H,1-9,14H2,(H2,15,17)(H,16,18). The fourth-order valence-corrected chi connectivity index (χ4v) is 2.34. The Kier molecular flexibility index (Phi) is 7.43. The van der Waals surface area contributed by atoms with Gasteiger partial charge in [0.05, 0.1) is 6.61 Å². The molecule has 0 bridgehead atoms. The molecule has 6 nitrogen and oxygen atoms in total. The minimum Gasteiger partial charge on any atom is -0.370 e. The van der Waals surface area contributed by atoms with E-state index in [9.17, 15) is 9.59 Å². The summed E-state index contributed by atoms with van der Waals surface area (Å²) < 4.78 is 4.95. The smallest absolute Gasteiger partial charge is 0.243 e. The van der Waals surface area contributed by atoms with Crippen molar-refractivity contribution in [2.24, 2.45) is 17.4 Å². The first kappa shape index (κ1) is 15.9. The lowest BCUT2D eigenvalue weighted by Gasteiger charge is -2.25. The van der Waals surface area contributed by atoms with Crippen molar-refractivity contribution >= 4 is 11.8 Å². The molecule has 0 aliphatic heterocycles. The Hall–Kier alpha value is -1.14. The third kappa shape index (κ3) is 7.79. The molecule has 1 fully saturated rings. The van der Waals surface area contributed by atoms with E-state index in [0.717, 1.165) is 32.1 Å². The van der Waals surface area contributed by atoms with E-state index in [-0.39, 0.29) is 12.5 Å². The molecule has 1 aliphatic carbocycles. The van der Waals surface area contributed by atoms with Gasteiger partial charge in [0.1, 0.15) is 6.61 Å². The predicted molar refractivity (Wildman–Crippen MR) is 72.2 cm³/mol. The van der Waals surface area contributed by atoms with Gasteiger partial charge in [-0.3, -0.25) is 9.59 Å². The Morgan fingerprint density at radius 1 is 1.21 bits per heavy atom. The zero-order chi connectivity index (χ0) is 14.1. The summed E-state index contributed by atoms with van der Waals surface area (Å²) in [7, 11) is 0. The number of hydrogen-bond acceptors (Lipinski definition) is 4. The Morgan fingerprint density at radius 2 is 1.89 bits per heavy atom. The largest absolute Gasteiger partial charge is 0.370 e. The predicted octanol–water partition coefficient (Wildman–Crippen LogP) is -0.0978. The second-order valence-electron chi connectivity index (χ2n) is 5.19. The number of nitrogens with two attached hydrogens (primary N) is 2. The molecule has 0 unspecified atom stereocenters. The van der Waals surface area contributed by atoms with Crippen LogP contribution in [0, 0.1) is 5.92 Å². The molecule has 110 valence electrons. The van der Waals surface area contributed by atoms with Crippen LogP contribution >= 0.6 is 0 Å². The van der Waals surface area contributed by atoms with Crippen LogP contribution in [0.15, 0.2) is 0 Å². The van der Waals surface area contributed by atoms with Gasteiger partial charge in [-0.1, -0.05) is 0 Å². The first-order valence-electron chi connectivity index (χ1n) is 6.96. The zero-order valence-corrected chi connectivity index (χ0v) is 11.4. The molecule has 0 heterocycles. The maximum Gasteiger partial charge on any atom is 0.243 e. The highest BCUT2D eigenvalue weighted by Crippen LogP contribution is 2.26. The topological polar surface area (TPSA) is 107 Å². The molecule has 0 radical (unpaired) electrons. The van der Waals surface area contributed by atoms with Crippen molar-refractivity contribution in [3.05, 3.63) is 0 Å². The van der Waals surface area contributed by atoms with Crippen LogP contribution in [0.1, 0.15) is 38.5 Å². The average Bonchev–Trinajstić information content (AvgIpc) is 2.37. The summed E-state index contributed by atoms with van der Waals surface area (Å²) in [6, 6.07) is 0.354. The molecule has 0 atom stereocenters. The third-order valence-electron chi connectivity index (χ3n) is 3.48. The van der Waals surface area contributed by atoms with Gasteiger partial charge >= 0.3 is 0 Å². The summed E-state index contributed by atoms with van der Waals surface area (Å²) in [5, 5.41) is 2.76. The highest BCUT2D eigenvalue weighted by molar-refractivity contribution is 5.76. The normalized spacial score (nSPS) is 23.0. The Morgan fingerprint density at radius 3 is 2.53 bits per heavy atom. The molecular weight excluding hydrogens is 246 g/mol. The number of hydrogen-bond donors (Lipinski definition) is 3. The molecule has 0 aromatic carbocycles. The highest BCUT2D eigenvalue weighted by atomic mass is 16.5. The van der Waals surface area contributed by atoms with Crippen molar-refractivity contribution in [3.8, 4) is 0 Å². The fraction of sp³-hybridized carbons (Fsp3) is 0.846. The molecule has 0 aromatic rings. The number of amides is 2. The van der Waals surface area contributed by atoms with E-state index in [1.165, 1.54) is 0 Å². The lowest BCUT2D eigenvalue weighted by molar-refractivity contribution is -0.122. The third-order valence-corrected chi connectivity index (χ3v) is 3.48. The molecule has 0 spiro atoms. The van der Waals surface area contributed by atoms with Gasteiger partial charge in [-0.15, -0.1) is 0 Å². The second-order valence-corrected chi connectivity index (χ2v) is 5.19. The number of ether oxygens (including phenoxy) is 1. The Bertz CT molecular complexity index is 289. The molecule has 19 heavy (non-hydrogen) atoms. The SMILES string of the molecule is NC(=O)COCCNC(=O)CCC1CCC(N)CC1. The van der Waals surface area contributed by atoms with Gasteiger partial charge in [0.2, 0.25) is 11.8 Å². The maximum absolute atomic E-state index is 11.6. The summed E-state index contributed by atoms with van der Waals surface area (Å²) in [4.78, 5) is 22.0. The van der Waals surface area contributed by atoms with Crippen molar-refractivity contribution in [1.29, 1.82) is 0 Å². The average molecular weight is 271 g/mol. The summed E-state index contributed by atoms with van der Waals surface area (Å²) in [6.07, 6.45) is 5.91. The minimum absolute atomic E-state index is 0.0394. The van der Waals surface area contributed by atoms with Gasteiger partial charge in [0, 0.05) is 19.0 Å². The van der Waals surface area contributed by atoms with E-state index in [1.807, 2.05) is 0 Å². The van der Waals surface area contributed by atoms with Crippen molar-refractivity contribution < 1.29 is 14.3 Å². The number of nitrogens with one attached hydrogen (secondary N) is 1. The van der Waals surface area contributed by atoms with Crippen molar-refractivity contribution in [3.63, 3.8) is 0 Å². The lowest BCUT2D eigenvalue weighted by atomic mass is 9.84. The Labute approximate surface area is 114 Å². The molecule has 1 aliphatic rings. The van der Waals surface area contributed by atoms with E-state index >= 15 is 0 Å². The van der Waals surface area contributed by atoms with Gasteiger partial charge in [-0.05, 0) is 38.0 Å². The number of primary amides is 1. The van der Waals surface area contributed by atoms with Crippen LogP contribution in [0.25, 0.3) is 0 Å². The van der Waals surface area contributed by atoms with E-state index in [0.29, 0.717) is 31.5 Å². The van der Waals surface area contributed by atoms with Crippen LogP contribution < -0.4 is 16.8 Å². The summed E-state index contributed by atoms with van der Waals surface area (Å²) >= 11 is 0. The molecule has 5 N–H and O–H groups in total. The first-order valence-corrected chi connectivity index (χ1v) is 6.96. The zero-order valence-electron chi connectivity index (χ0n) is 11.4.